The lowest BCUT2D eigenvalue weighted by Gasteiger charge is -2.34. The largest absolute Gasteiger partial charge is 0.508 e. The Kier molecular flexibility index (Phi) is 7.32. The Bertz CT molecular complexity index is 1980. The van der Waals surface area contributed by atoms with E-state index in [1.165, 1.54) is 0 Å². The van der Waals surface area contributed by atoms with Crippen LogP contribution in [-0.4, -0.2) is 71.4 Å². The molecule has 3 saturated heterocycles. The molecule has 0 radical (unpaired) electrons. The summed E-state index contributed by atoms with van der Waals surface area (Å²) in [6.07, 6.45) is 4.56. The van der Waals surface area contributed by atoms with Gasteiger partial charge in [0.1, 0.15) is 35.7 Å². The van der Waals surface area contributed by atoms with Crippen LogP contribution in [0.15, 0.2) is 72.8 Å². The van der Waals surface area contributed by atoms with E-state index in [0.717, 1.165) is 83.9 Å². The lowest BCUT2D eigenvalue weighted by Crippen LogP contribution is -2.51. The molecule has 8 rings (SSSR count). The van der Waals surface area contributed by atoms with Crippen molar-refractivity contribution in [3.8, 4) is 40.5 Å². The van der Waals surface area contributed by atoms with Crippen LogP contribution in [0.25, 0.3) is 32.8 Å². The number of benzene rings is 4. The van der Waals surface area contributed by atoms with Gasteiger partial charge < -0.3 is 29.7 Å². The molecule has 2 bridgehead atoms. The smallest absolute Gasteiger partial charge is 0.319 e. The fraction of sp³-hybridized carbons (Fsp3) is 0.324. The summed E-state index contributed by atoms with van der Waals surface area (Å²) < 4.78 is 13.0. The second kappa shape index (κ2) is 11.8. The van der Waals surface area contributed by atoms with Gasteiger partial charge in [0.05, 0.1) is 11.1 Å². The van der Waals surface area contributed by atoms with Crippen molar-refractivity contribution in [1.82, 2.24) is 20.2 Å². The van der Waals surface area contributed by atoms with Gasteiger partial charge >= 0.3 is 6.01 Å². The fourth-order valence-corrected chi connectivity index (χ4v) is 7.33. The van der Waals surface area contributed by atoms with Crippen molar-refractivity contribution in [2.45, 2.75) is 43.8 Å². The maximum atomic E-state index is 10.8. The Morgan fingerprint density at radius 3 is 2.52 bits per heavy atom. The summed E-state index contributed by atoms with van der Waals surface area (Å²) >= 11 is 0. The van der Waals surface area contributed by atoms with Gasteiger partial charge in [-0.15, -0.1) is 0 Å². The summed E-state index contributed by atoms with van der Waals surface area (Å²) in [6, 6.07) is 26.5. The summed E-state index contributed by atoms with van der Waals surface area (Å²) in [7, 11) is 2.14. The average Bonchev–Trinajstić information content (AvgIpc) is 3.65. The number of fused-ring (bicyclic) bond motifs is 4. The zero-order valence-corrected chi connectivity index (χ0v) is 25.8. The third kappa shape index (κ3) is 5.34. The topological polar surface area (TPSA) is 107 Å². The highest BCUT2D eigenvalue weighted by Gasteiger charge is 2.34. The van der Waals surface area contributed by atoms with Crippen LogP contribution >= 0.6 is 0 Å². The molecule has 0 aliphatic carbocycles. The molecule has 4 heterocycles. The molecule has 1 aromatic heterocycles. The highest BCUT2D eigenvalue weighted by Crippen LogP contribution is 2.44. The van der Waals surface area contributed by atoms with Crippen molar-refractivity contribution in [2.75, 3.05) is 38.2 Å². The molecule has 5 aromatic rings. The first-order chi connectivity index (χ1) is 22.5. The minimum Gasteiger partial charge on any atom is -0.508 e. The molecule has 2 unspecified atom stereocenters. The predicted octanol–water partition coefficient (Wildman–Crippen LogP) is 6.23. The highest BCUT2D eigenvalue weighted by atomic mass is 16.5. The number of phenols is 1. The number of aromatic hydroxyl groups is 1. The first-order valence-electron chi connectivity index (χ1n) is 16.1. The summed E-state index contributed by atoms with van der Waals surface area (Å²) in [5, 5.41) is 27.1. The first kappa shape index (κ1) is 28.6. The van der Waals surface area contributed by atoms with Gasteiger partial charge in [0.2, 0.25) is 0 Å². The number of likely N-dealkylation sites (N-methyl/N-ethyl adjacent to an activating group) is 1. The number of hydrogen-bond donors (Lipinski definition) is 2. The first-order valence-corrected chi connectivity index (χ1v) is 16.1. The maximum Gasteiger partial charge on any atom is 0.319 e. The predicted molar refractivity (Wildman–Crippen MR) is 179 cm³/mol. The number of likely N-dealkylation sites (tertiary alicyclic amines) is 1. The fourth-order valence-electron chi connectivity index (χ4n) is 7.33. The Balaban J connectivity index is 1.32. The number of hydrogen-bond acceptors (Lipinski definition) is 9. The Hall–Kier alpha value is -4.91. The van der Waals surface area contributed by atoms with Crippen LogP contribution in [0.1, 0.15) is 31.2 Å². The number of piperazine rings is 1. The van der Waals surface area contributed by atoms with E-state index in [-0.39, 0.29) is 5.75 Å². The van der Waals surface area contributed by atoms with Gasteiger partial charge in [0, 0.05) is 42.2 Å². The second-order valence-electron chi connectivity index (χ2n) is 12.8. The molecule has 4 aromatic carbocycles. The van der Waals surface area contributed by atoms with Gasteiger partial charge in [-0.05, 0) is 92.0 Å². The standard InChI is InChI=1S/C37H36N6O3/c1-42-14-6-9-27(42)22-45-37-40-33-17-31(30-16-28(44)15-23-7-2-4-10-29(23)30)35(46-34-11-5-3-8-24(34)19-38)18-32(33)36(41-37)43-20-25-12-13-26(21-43)39-25/h2-5,7-8,10-11,15-18,25-27,39,44H,6,9,12-14,20-22H2,1H3/t25?,26?,27-/m0/s1. The molecule has 3 aliphatic rings. The van der Waals surface area contributed by atoms with Gasteiger partial charge in [-0.3, -0.25) is 0 Å². The maximum absolute atomic E-state index is 10.8. The number of anilines is 1. The summed E-state index contributed by atoms with van der Waals surface area (Å²) in [6.45, 7) is 3.30. The van der Waals surface area contributed by atoms with Crippen molar-refractivity contribution in [3.05, 3.63) is 78.4 Å². The van der Waals surface area contributed by atoms with Gasteiger partial charge in [0.25, 0.3) is 0 Å². The third-order valence-corrected chi connectivity index (χ3v) is 9.71. The molecule has 232 valence electrons. The third-order valence-electron chi connectivity index (χ3n) is 9.71. The van der Waals surface area contributed by atoms with E-state index in [1.807, 2.05) is 48.5 Å². The number of nitrogens with one attached hydrogen (secondary N) is 1. The van der Waals surface area contributed by atoms with Crippen LogP contribution in [-0.2, 0) is 0 Å². The monoisotopic (exact) mass is 612 g/mol. The number of nitrogens with zero attached hydrogens (tertiary/aromatic N) is 5. The SMILES string of the molecule is CN1CCC[C@H]1COc1nc(N2CC3CCC(C2)N3)c2cc(Oc3ccccc3C#N)c(-c3cc(O)cc4ccccc34)cc2n1. The zero-order chi connectivity index (χ0) is 31.2. The van der Waals surface area contributed by atoms with Crippen LogP contribution in [0, 0.1) is 11.3 Å². The molecule has 3 atom stereocenters. The normalized spacial score (nSPS) is 21.1. The molecule has 2 N–H and O–H groups in total. The van der Waals surface area contributed by atoms with E-state index in [1.54, 1.807) is 24.3 Å². The number of aromatic nitrogens is 2. The van der Waals surface area contributed by atoms with Gasteiger partial charge in [0.15, 0.2) is 0 Å². The molecular formula is C37H36N6O3. The number of para-hydroxylation sites is 1. The molecule has 46 heavy (non-hydrogen) atoms. The second-order valence-corrected chi connectivity index (χ2v) is 12.8. The van der Waals surface area contributed by atoms with Crippen LogP contribution in [0.2, 0.25) is 0 Å². The molecule has 3 aliphatic heterocycles. The van der Waals surface area contributed by atoms with Gasteiger partial charge in [-0.2, -0.15) is 15.2 Å². The van der Waals surface area contributed by atoms with E-state index < -0.39 is 0 Å². The number of rotatable bonds is 7. The summed E-state index contributed by atoms with van der Waals surface area (Å²) in [4.78, 5) is 14.7. The molecule has 9 heteroatoms. The van der Waals surface area contributed by atoms with Gasteiger partial charge in [-0.1, -0.05) is 36.4 Å². The van der Waals surface area contributed by atoms with Crippen molar-refractivity contribution in [1.29, 1.82) is 5.26 Å². The molecular weight excluding hydrogens is 576 g/mol. The van der Waals surface area contributed by atoms with Crippen molar-refractivity contribution in [3.63, 3.8) is 0 Å². The quantitative estimate of drug-likeness (QED) is 0.221. The summed E-state index contributed by atoms with van der Waals surface area (Å²) in [5.41, 5.74) is 2.72. The Morgan fingerprint density at radius 1 is 0.913 bits per heavy atom. The van der Waals surface area contributed by atoms with E-state index in [9.17, 15) is 10.4 Å². The highest BCUT2D eigenvalue weighted by molar-refractivity contribution is 6.03. The van der Waals surface area contributed by atoms with E-state index in [4.69, 9.17) is 19.4 Å². The van der Waals surface area contributed by atoms with E-state index in [0.29, 0.717) is 47.8 Å². The number of nitriles is 1. The van der Waals surface area contributed by atoms with Crippen molar-refractivity contribution in [2.24, 2.45) is 0 Å². The van der Waals surface area contributed by atoms with Crippen molar-refractivity contribution >= 4 is 27.5 Å². The molecule has 3 fully saturated rings. The van der Waals surface area contributed by atoms with E-state index in [2.05, 4.69) is 28.2 Å². The van der Waals surface area contributed by atoms with Crippen LogP contribution in [0.5, 0.6) is 23.3 Å². The lowest BCUT2D eigenvalue weighted by molar-refractivity contribution is 0.188. The minimum atomic E-state index is 0.154. The Labute approximate surface area is 268 Å². The van der Waals surface area contributed by atoms with Crippen LogP contribution in [0.4, 0.5) is 5.82 Å². The number of phenolic OH excluding ortho intramolecular Hbond substituents is 1. The lowest BCUT2D eigenvalue weighted by atomic mass is 9.96. The Morgan fingerprint density at radius 2 is 1.72 bits per heavy atom. The van der Waals surface area contributed by atoms with Crippen molar-refractivity contribution < 1.29 is 14.6 Å². The average molecular weight is 613 g/mol. The van der Waals surface area contributed by atoms with Gasteiger partial charge in [-0.25, -0.2) is 0 Å². The minimum absolute atomic E-state index is 0.154. The van der Waals surface area contributed by atoms with E-state index >= 15 is 0 Å². The van der Waals surface area contributed by atoms with Crippen LogP contribution < -0.4 is 19.7 Å². The summed E-state index contributed by atoms with van der Waals surface area (Å²) in [5.74, 6) is 1.99. The number of ether oxygens (including phenoxy) is 2. The zero-order valence-electron chi connectivity index (χ0n) is 25.8. The molecule has 9 nitrogen and oxygen atoms in total. The molecule has 0 amide bonds. The molecule has 0 saturated carbocycles. The molecule has 0 spiro atoms. The van der Waals surface area contributed by atoms with Crippen LogP contribution in [0.3, 0.4) is 0 Å².